The highest BCUT2D eigenvalue weighted by molar-refractivity contribution is 7.92. The Bertz CT molecular complexity index is 870. The van der Waals surface area contributed by atoms with Crippen LogP contribution < -0.4 is 14.4 Å². The molecule has 0 atom stereocenters. The normalized spacial score (nSPS) is 11.0. The average molecular weight is 370 g/mol. The molecule has 1 amide bonds. The number of carbonyl (C=O) groups excluding carboxylic acids is 1. The maximum atomic E-state index is 13.4. The summed E-state index contributed by atoms with van der Waals surface area (Å²) in [6.07, 6.45) is 1.08. The van der Waals surface area contributed by atoms with Crippen LogP contribution in [0.4, 0.5) is 20.2 Å². The highest BCUT2D eigenvalue weighted by atomic mass is 32.2. The summed E-state index contributed by atoms with van der Waals surface area (Å²) in [5, 5.41) is 2.26. The number of hydrogen-bond acceptors (Lipinski definition) is 4. The smallest absolute Gasteiger partial charge is 0.262 e. The third-order valence-corrected chi connectivity index (χ3v) is 4.48. The van der Waals surface area contributed by atoms with E-state index in [1.165, 1.54) is 31.3 Å². The van der Waals surface area contributed by atoms with Crippen molar-refractivity contribution in [3.8, 4) is 5.75 Å². The lowest BCUT2D eigenvalue weighted by Crippen LogP contribution is -2.24. The summed E-state index contributed by atoms with van der Waals surface area (Å²) >= 11 is 0. The summed E-state index contributed by atoms with van der Waals surface area (Å²) in [6, 6.07) is 8.84. The fourth-order valence-corrected chi connectivity index (χ4v) is 2.37. The molecule has 2 rings (SSSR count). The van der Waals surface area contributed by atoms with E-state index < -0.39 is 34.2 Å². The molecule has 0 unspecified atom stereocenters. The molecule has 0 fully saturated rings. The fourth-order valence-electron chi connectivity index (χ4n) is 1.87. The van der Waals surface area contributed by atoms with Crippen molar-refractivity contribution in [2.75, 3.05) is 29.5 Å². The standard InChI is InChI=1S/C16H16F2N2O4S/c1-20(25(2,22)23)12-4-6-13(7-5-12)24-10-16(21)19-15-8-3-11(17)9-14(15)18/h3-9H,10H2,1-2H3,(H,19,21). The second-order valence-electron chi connectivity index (χ2n) is 5.19. The molecular weight excluding hydrogens is 354 g/mol. The number of carbonyl (C=O) groups is 1. The maximum absolute atomic E-state index is 13.4. The molecule has 0 aliphatic rings. The Hall–Kier alpha value is -2.68. The number of halogens is 2. The summed E-state index contributed by atoms with van der Waals surface area (Å²) in [6.45, 7) is -0.391. The number of nitrogens with one attached hydrogen (secondary N) is 1. The van der Waals surface area contributed by atoms with E-state index >= 15 is 0 Å². The Morgan fingerprint density at radius 3 is 2.36 bits per heavy atom. The molecule has 0 radical (unpaired) electrons. The van der Waals surface area contributed by atoms with Gasteiger partial charge in [-0.15, -0.1) is 0 Å². The quantitative estimate of drug-likeness (QED) is 0.847. The first-order valence-electron chi connectivity index (χ1n) is 7.08. The van der Waals surface area contributed by atoms with Crippen LogP contribution in [0.15, 0.2) is 42.5 Å². The van der Waals surface area contributed by atoms with E-state index in [0.717, 1.165) is 22.7 Å². The Kier molecular flexibility index (Phi) is 5.58. The zero-order valence-corrected chi connectivity index (χ0v) is 14.3. The van der Waals surface area contributed by atoms with Crippen LogP contribution in [0, 0.1) is 11.6 Å². The molecule has 0 aliphatic carbocycles. The predicted molar refractivity (Wildman–Crippen MR) is 90.2 cm³/mol. The van der Waals surface area contributed by atoms with E-state index in [1.807, 2.05) is 0 Å². The van der Waals surface area contributed by atoms with Gasteiger partial charge in [0.25, 0.3) is 5.91 Å². The van der Waals surface area contributed by atoms with Gasteiger partial charge in [0.15, 0.2) is 6.61 Å². The van der Waals surface area contributed by atoms with Gasteiger partial charge in [-0.3, -0.25) is 9.10 Å². The SMILES string of the molecule is CN(c1ccc(OCC(=O)Nc2ccc(F)cc2F)cc1)S(C)(=O)=O. The van der Waals surface area contributed by atoms with E-state index in [2.05, 4.69) is 5.32 Å². The lowest BCUT2D eigenvalue weighted by molar-refractivity contribution is -0.118. The van der Waals surface area contributed by atoms with Crippen LogP contribution in [0.25, 0.3) is 0 Å². The second-order valence-corrected chi connectivity index (χ2v) is 7.20. The van der Waals surface area contributed by atoms with Crippen LogP contribution in [-0.4, -0.2) is 34.2 Å². The van der Waals surface area contributed by atoms with Crippen molar-refractivity contribution in [3.63, 3.8) is 0 Å². The number of hydrogen-bond donors (Lipinski definition) is 1. The third kappa shape index (κ3) is 5.15. The van der Waals surface area contributed by atoms with Crippen LogP contribution in [-0.2, 0) is 14.8 Å². The molecule has 2 aromatic carbocycles. The number of rotatable bonds is 6. The summed E-state index contributed by atoms with van der Waals surface area (Å²) in [4.78, 5) is 11.7. The molecule has 0 aliphatic heterocycles. The second kappa shape index (κ2) is 7.47. The molecule has 0 saturated carbocycles. The van der Waals surface area contributed by atoms with Crippen LogP contribution in [0.1, 0.15) is 0 Å². The lowest BCUT2D eigenvalue weighted by atomic mass is 10.3. The maximum Gasteiger partial charge on any atom is 0.262 e. The summed E-state index contributed by atoms with van der Waals surface area (Å²) in [7, 11) is -1.96. The minimum atomic E-state index is -3.37. The van der Waals surface area contributed by atoms with Gasteiger partial charge in [0.2, 0.25) is 10.0 Å². The predicted octanol–water partition coefficient (Wildman–Crippen LogP) is 2.38. The number of ether oxygens (including phenoxy) is 1. The minimum Gasteiger partial charge on any atom is -0.484 e. The monoisotopic (exact) mass is 370 g/mol. The van der Waals surface area contributed by atoms with Gasteiger partial charge in [-0.05, 0) is 36.4 Å². The van der Waals surface area contributed by atoms with Gasteiger partial charge in [0, 0.05) is 13.1 Å². The Labute approximate surface area is 144 Å². The van der Waals surface area contributed by atoms with Gasteiger partial charge in [0.1, 0.15) is 17.4 Å². The van der Waals surface area contributed by atoms with Gasteiger partial charge >= 0.3 is 0 Å². The van der Waals surface area contributed by atoms with Crippen LogP contribution in [0.3, 0.4) is 0 Å². The van der Waals surface area contributed by atoms with Crippen molar-refractivity contribution < 1.29 is 26.7 Å². The first-order chi connectivity index (χ1) is 11.7. The lowest BCUT2D eigenvalue weighted by Gasteiger charge is -2.16. The molecule has 25 heavy (non-hydrogen) atoms. The Balaban J connectivity index is 1.93. The molecule has 0 spiro atoms. The van der Waals surface area contributed by atoms with E-state index in [4.69, 9.17) is 4.74 Å². The highest BCUT2D eigenvalue weighted by Crippen LogP contribution is 2.20. The van der Waals surface area contributed by atoms with Gasteiger partial charge in [-0.25, -0.2) is 17.2 Å². The van der Waals surface area contributed by atoms with Crippen LogP contribution in [0.2, 0.25) is 0 Å². The number of amides is 1. The zero-order valence-electron chi connectivity index (χ0n) is 13.5. The number of anilines is 2. The van der Waals surface area contributed by atoms with Gasteiger partial charge in [-0.2, -0.15) is 0 Å². The molecule has 2 aromatic rings. The Morgan fingerprint density at radius 1 is 1.16 bits per heavy atom. The topological polar surface area (TPSA) is 75.7 Å². The largest absolute Gasteiger partial charge is 0.484 e. The van der Waals surface area contributed by atoms with E-state index in [-0.39, 0.29) is 5.69 Å². The Morgan fingerprint density at radius 2 is 1.80 bits per heavy atom. The highest BCUT2D eigenvalue weighted by Gasteiger charge is 2.12. The van der Waals surface area contributed by atoms with Gasteiger partial charge < -0.3 is 10.1 Å². The summed E-state index contributed by atoms with van der Waals surface area (Å²) in [5.74, 6) is -1.92. The van der Waals surface area contributed by atoms with Crippen molar-refractivity contribution in [1.82, 2.24) is 0 Å². The van der Waals surface area contributed by atoms with Crippen molar-refractivity contribution in [2.24, 2.45) is 0 Å². The van der Waals surface area contributed by atoms with Crippen molar-refractivity contribution >= 4 is 27.3 Å². The average Bonchev–Trinajstić information content (AvgIpc) is 2.54. The molecule has 9 heteroatoms. The molecular formula is C16H16F2N2O4S. The molecule has 0 saturated heterocycles. The fraction of sp³-hybridized carbons (Fsp3) is 0.188. The van der Waals surface area contributed by atoms with Crippen molar-refractivity contribution in [2.45, 2.75) is 0 Å². The van der Waals surface area contributed by atoms with Crippen molar-refractivity contribution in [3.05, 3.63) is 54.1 Å². The molecule has 134 valence electrons. The number of sulfonamides is 1. The van der Waals surface area contributed by atoms with Crippen LogP contribution in [0.5, 0.6) is 5.75 Å². The molecule has 1 N–H and O–H groups in total. The van der Waals surface area contributed by atoms with E-state index in [1.54, 1.807) is 0 Å². The molecule has 6 nitrogen and oxygen atoms in total. The van der Waals surface area contributed by atoms with Crippen LogP contribution >= 0.6 is 0 Å². The van der Waals surface area contributed by atoms with E-state index in [0.29, 0.717) is 17.5 Å². The zero-order chi connectivity index (χ0) is 18.6. The minimum absolute atomic E-state index is 0.153. The van der Waals surface area contributed by atoms with Gasteiger partial charge in [-0.1, -0.05) is 0 Å². The third-order valence-electron chi connectivity index (χ3n) is 3.27. The summed E-state index contributed by atoms with van der Waals surface area (Å²) in [5.41, 5.74) is 0.285. The van der Waals surface area contributed by atoms with Crippen molar-refractivity contribution in [1.29, 1.82) is 0 Å². The molecule has 0 bridgehead atoms. The van der Waals surface area contributed by atoms with Gasteiger partial charge in [0.05, 0.1) is 17.6 Å². The first kappa shape index (κ1) is 18.7. The first-order valence-corrected chi connectivity index (χ1v) is 8.93. The molecule has 0 heterocycles. The molecule has 0 aromatic heterocycles. The van der Waals surface area contributed by atoms with E-state index in [9.17, 15) is 22.0 Å². The number of nitrogens with zero attached hydrogens (tertiary/aromatic N) is 1. The number of benzene rings is 2. The summed E-state index contributed by atoms with van der Waals surface area (Å²) < 4.78 is 55.5.